The Morgan fingerprint density at radius 1 is 1.16 bits per heavy atom. The summed E-state index contributed by atoms with van der Waals surface area (Å²) in [5.41, 5.74) is 6.24. The van der Waals surface area contributed by atoms with Gasteiger partial charge < -0.3 is 31.7 Å². The van der Waals surface area contributed by atoms with Crippen LogP contribution in [-0.4, -0.2) is 57.3 Å². The Balaban J connectivity index is 1.68. The number of nitrogens with one attached hydrogen (secondary N) is 2. The molecule has 4 atom stereocenters. The Labute approximate surface area is 188 Å². The molecule has 7 N–H and O–H groups in total. The van der Waals surface area contributed by atoms with Gasteiger partial charge in [0.25, 0.3) is 0 Å². The molecule has 0 spiro atoms. The van der Waals surface area contributed by atoms with Gasteiger partial charge in [-0.05, 0) is 29.1 Å². The number of aliphatic hydroxyl groups is 2. The lowest BCUT2D eigenvalue weighted by atomic mass is 9.89. The summed E-state index contributed by atoms with van der Waals surface area (Å²) >= 11 is 1.42. The SMILES string of the molecule is NC(=O)[C@H](Cc1ccc(O)cc1)NC(=O)C1=C[C@H](NC(=O)Cc2cccs2)[C@@H](O)[C@H](O)C1. The summed E-state index contributed by atoms with van der Waals surface area (Å²) in [6, 6.07) is 7.78. The van der Waals surface area contributed by atoms with Crippen molar-refractivity contribution < 1.29 is 29.7 Å². The molecule has 3 rings (SSSR count). The number of rotatable bonds is 8. The largest absolute Gasteiger partial charge is 0.508 e. The Morgan fingerprint density at radius 3 is 2.50 bits per heavy atom. The van der Waals surface area contributed by atoms with Crippen LogP contribution < -0.4 is 16.4 Å². The molecule has 1 heterocycles. The number of hydrogen-bond acceptors (Lipinski definition) is 7. The van der Waals surface area contributed by atoms with E-state index in [0.717, 1.165) is 4.88 Å². The maximum Gasteiger partial charge on any atom is 0.247 e. The first kappa shape index (κ1) is 23.5. The number of carbonyl (C=O) groups excluding carboxylic acids is 3. The molecule has 1 aromatic carbocycles. The fourth-order valence-corrected chi connectivity index (χ4v) is 4.12. The summed E-state index contributed by atoms with van der Waals surface area (Å²) in [4.78, 5) is 37.8. The molecule has 2 aromatic rings. The smallest absolute Gasteiger partial charge is 0.247 e. The second kappa shape index (κ2) is 10.4. The predicted octanol–water partition coefficient (Wildman–Crippen LogP) is -0.254. The van der Waals surface area contributed by atoms with Crippen LogP contribution in [0, 0.1) is 0 Å². The van der Waals surface area contributed by atoms with Crippen LogP contribution in [0.1, 0.15) is 16.9 Å². The molecule has 170 valence electrons. The molecule has 0 saturated carbocycles. The van der Waals surface area contributed by atoms with E-state index in [-0.39, 0.29) is 36.5 Å². The topological polar surface area (TPSA) is 162 Å². The fraction of sp³-hybridized carbons (Fsp3) is 0.318. The first-order chi connectivity index (χ1) is 15.2. The van der Waals surface area contributed by atoms with Gasteiger partial charge >= 0.3 is 0 Å². The van der Waals surface area contributed by atoms with Gasteiger partial charge in [0.15, 0.2) is 0 Å². The molecule has 0 aliphatic heterocycles. The maximum atomic E-state index is 12.8. The van der Waals surface area contributed by atoms with E-state index in [1.807, 2.05) is 17.5 Å². The number of benzene rings is 1. The Kier molecular flexibility index (Phi) is 7.62. The van der Waals surface area contributed by atoms with Crippen LogP contribution >= 0.6 is 11.3 Å². The first-order valence-electron chi connectivity index (χ1n) is 9.99. The number of primary amides is 1. The molecular weight excluding hydrogens is 434 g/mol. The van der Waals surface area contributed by atoms with Gasteiger partial charge in [0.1, 0.15) is 17.9 Å². The number of carbonyl (C=O) groups is 3. The molecule has 1 aliphatic carbocycles. The minimum atomic E-state index is -1.28. The Morgan fingerprint density at radius 2 is 1.88 bits per heavy atom. The highest BCUT2D eigenvalue weighted by Gasteiger charge is 2.34. The zero-order valence-electron chi connectivity index (χ0n) is 17.1. The van der Waals surface area contributed by atoms with E-state index in [4.69, 9.17) is 5.73 Å². The van der Waals surface area contributed by atoms with Gasteiger partial charge in [0.05, 0.1) is 18.6 Å². The van der Waals surface area contributed by atoms with Crippen LogP contribution in [0.25, 0.3) is 0 Å². The van der Waals surface area contributed by atoms with Gasteiger partial charge in [-0.2, -0.15) is 0 Å². The van der Waals surface area contributed by atoms with Gasteiger partial charge in [-0.25, -0.2) is 0 Å². The van der Waals surface area contributed by atoms with E-state index in [0.29, 0.717) is 5.56 Å². The highest BCUT2D eigenvalue weighted by atomic mass is 32.1. The molecular formula is C22H25N3O6S. The number of aliphatic hydroxyl groups excluding tert-OH is 2. The van der Waals surface area contributed by atoms with Crippen molar-refractivity contribution in [1.29, 1.82) is 0 Å². The van der Waals surface area contributed by atoms with Crippen molar-refractivity contribution in [2.24, 2.45) is 5.73 Å². The summed E-state index contributed by atoms with van der Waals surface area (Å²) in [5, 5.41) is 36.9. The van der Waals surface area contributed by atoms with Crippen LogP contribution in [0.15, 0.2) is 53.4 Å². The second-order valence-electron chi connectivity index (χ2n) is 7.60. The fourth-order valence-electron chi connectivity index (χ4n) is 3.41. The number of phenols is 1. The predicted molar refractivity (Wildman–Crippen MR) is 118 cm³/mol. The van der Waals surface area contributed by atoms with Crippen molar-refractivity contribution in [1.82, 2.24) is 10.6 Å². The zero-order chi connectivity index (χ0) is 23.3. The third-order valence-electron chi connectivity index (χ3n) is 5.13. The summed E-state index contributed by atoms with van der Waals surface area (Å²) in [7, 11) is 0. The molecule has 32 heavy (non-hydrogen) atoms. The van der Waals surface area contributed by atoms with Gasteiger partial charge in [0, 0.05) is 23.3 Å². The van der Waals surface area contributed by atoms with E-state index < -0.39 is 36.1 Å². The Bertz CT molecular complexity index is 990. The normalized spacial score (nSPS) is 21.3. The van der Waals surface area contributed by atoms with Crippen LogP contribution in [0.5, 0.6) is 5.75 Å². The summed E-state index contributed by atoms with van der Waals surface area (Å²) in [6.45, 7) is 0. The molecule has 1 aromatic heterocycles. The van der Waals surface area contributed by atoms with Crippen molar-refractivity contribution in [3.63, 3.8) is 0 Å². The van der Waals surface area contributed by atoms with E-state index in [9.17, 15) is 29.7 Å². The second-order valence-corrected chi connectivity index (χ2v) is 8.63. The molecule has 1 aliphatic rings. The van der Waals surface area contributed by atoms with E-state index in [1.54, 1.807) is 12.1 Å². The molecule has 0 unspecified atom stereocenters. The van der Waals surface area contributed by atoms with Crippen LogP contribution in [0.3, 0.4) is 0 Å². The highest BCUT2D eigenvalue weighted by Crippen LogP contribution is 2.21. The van der Waals surface area contributed by atoms with Gasteiger partial charge in [-0.3, -0.25) is 14.4 Å². The highest BCUT2D eigenvalue weighted by molar-refractivity contribution is 7.10. The lowest BCUT2D eigenvalue weighted by molar-refractivity contribution is -0.126. The minimum absolute atomic E-state index is 0.0699. The molecule has 0 radical (unpaired) electrons. The zero-order valence-corrected chi connectivity index (χ0v) is 17.9. The third-order valence-corrected chi connectivity index (χ3v) is 6.01. The molecule has 0 fully saturated rings. The van der Waals surface area contributed by atoms with Crippen molar-refractivity contribution in [2.75, 3.05) is 0 Å². The van der Waals surface area contributed by atoms with E-state index >= 15 is 0 Å². The quantitative estimate of drug-likeness (QED) is 0.319. The number of nitrogens with two attached hydrogens (primary N) is 1. The van der Waals surface area contributed by atoms with Crippen LogP contribution in [-0.2, 0) is 27.2 Å². The first-order valence-corrected chi connectivity index (χ1v) is 10.9. The van der Waals surface area contributed by atoms with Crippen LogP contribution in [0.4, 0.5) is 0 Å². The lowest BCUT2D eigenvalue weighted by Gasteiger charge is -2.31. The maximum absolute atomic E-state index is 12.8. The van der Waals surface area contributed by atoms with Gasteiger partial charge in [0.2, 0.25) is 17.7 Å². The summed E-state index contributed by atoms with van der Waals surface area (Å²) in [5.74, 6) is -1.66. The molecule has 0 bridgehead atoms. The van der Waals surface area contributed by atoms with Crippen molar-refractivity contribution >= 4 is 29.1 Å². The van der Waals surface area contributed by atoms with Crippen molar-refractivity contribution in [2.45, 2.75) is 43.6 Å². The van der Waals surface area contributed by atoms with Gasteiger partial charge in [-0.1, -0.05) is 24.3 Å². The summed E-state index contributed by atoms with van der Waals surface area (Å²) in [6.07, 6.45) is -1.07. The lowest BCUT2D eigenvalue weighted by Crippen LogP contribution is -2.52. The standard InChI is InChI=1S/C22H25N3O6S/c23-21(30)17(8-12-3-5-14(26)6-4-12)25-22(31)13-9-16(20(29)18(27)10-13)24-19(28)11-15-2-1-7-32-15/h1-7,9,16-18,20,26-27,29H,8,10-11H2,(H2,23,30)(H,24,28)(H,25,31)/t16-,17-,18+,20+/m0/s1. The average molecular weight is 460 g/mol. The average Bonchev–Trinajstić information content (AvgIpc) is 3.25. The summed E-state index contributed by atoms with van der Waals surface area (Å²) < 4.78 is 0. The monoisotopic (exact) mass is 459 g/mol. The number of hydrogen-bond donors (Lipinski definition) is 6. The van der Waals surface area contributed by atoms with Gasteiger partial charge in [-0.15, -0.1) is 11.3 Å². The van der Waals surface area contributed by atoms with Crippen molar-refractivity contribution in [3.05, 3.63) is 63.9 Å². The van der Waals surface area contributed by atoms with E-state index in [2.05, 4.69) is 10.6 Å². The number of aromatic hydroxyl groups is 1. The molecule has 0 saturated heterocycles. The third kappa shape index (κ3) is 6.16. The molecule has 10 heteroatoms. The molecule has 9 nitrogen and oxygen atoms in total. The number of amides is 3. The number of thiophene rings is 1. The minimum Gasteiger partial charge on any atom is -0.508 e. The molecule has 3 amide bonds. The van der Waals surface area contributed by atoms with E-state index in [1.165, 1.54) is 29.5 Å². The van der Waals surface area contributed by atoms with Crippen molar-refractivity contribution in [3.8, 4) is 5.75 Å². The Hall–Kier alpha value is -3.21. The number of phenolic OH excluding ortho intramolecular Hbond substituents is 1. The van der Waals surface area contributed by atoms with Crippen LogP contribution in [0.2, 0.25) is 0 Å².